The van der Waals surface area contributed by atoms with Crippen LogP contribution in [0.15, 0.2) is 24.3 Å². The summed E-state index contributed by atoms with van der Waals surface area (Å²) in [5.41, 5.74) is 0.426. The average molecular weight is 263 g/mol. The molecule has 1 aromatic carbocycles. The van der Waals surface area contributed by atoms with Gasteiger partial charge in [-0.25, -0.2) is 0 Å². The number of carbonyl (C=O) groups excluding carboxylic acids is 1. The molecule has 1 amide bonds. The van der Waals surface area contributed by atoms with Gasteiger partial charge < -0.3 is 14.8 Å². The predicted molar refractivity (Wildman–Crippen MR) is 58.5 cm³/mol. The zero-order valence-electron chi connectivity index (χ0n) is 9.58. The number of hydrogen-bond donors (Lipinski definition) is 1. The summed E-state index contributed by atoms with van der Waals surface area (Å²) in [5, 5.41) is 2.39. The molecule has 4 nitrogen and oxygen atoms in total. The molecule has 0 spiro atoms. The summed E-state index contributed by atoms with van der Waals surface area (Å²) in [6, 6.07) is 6.45. The molecule has 18 heavy (non-hydrogen) atoms. The number of carbonyl (C=O) groups is 1. The summed E-state index contributed by atoms with van der Waals surface area (Å²) >= 11 is 0. The molecule has 0 unspecified atom stereocenters. The fourth-order valence-corrected chi connectivity index (χ4v) is 1.16. The summed E-state index contributed by atoms with van der Waals surface area (Å²) in [6.07, 6.45) is -4.43. The molecule has 1 aromatic rings. The lowest BCUT2D eigenvalue weighted by Crippen LogP contribution is -2.23. The number of alkyl halides is 3. The number of methoxy groups -OCH3 is 1. The molecule has 1 N–H and O–H groups in total. The van der Waals surface area contributed by atoms with Gasteiger partial charge in [-0.2, -0.15) is 13.2 Å². The van der Waals surface area contributed by atoms with E-state index in [1.54, 1.807) is 24.3 Å². The van der Waals surface area contributed by atoms with Crippen LogP contribution in [0.3, 0.4) is 0 Å². The zero-order chi connectivity index (χ0) is 13.6. The molecular formula is C11H12F3NO3. The van der Waals surface area contributed by atoms with Crippen molar-refractivity contribution in [3.05, 3.63) is 24.3 Å². The normalized spacial score (nSPS) is 11.1. The molecule has 7 heteroatoms. The van der Waals surface area contributed by atoms with E-state index in [1.807, 2.05) is 0 Å². The summed E-state index contributed by atoms with van der Waals surface area (Å²) in [7, 11) is 1.47. The number of anilines is 1. The molecule has 0 aliphatic rings. The van der Waals surface area contributed by atoms with E-state index in [0.29, 0.717) is 11.4 Å². The first-order valence-electron chi connectivity index (χ1n) is 4.99. The van der Waals surface area contributed by atoms with Crippen LogP contribution >= 0.6 is 0 Å². The Kier molecular flexibility index (Phi) is 4.96. The summed E-state index contributed by atoms with van der Waals surface area (Å²) in [4.78, 5) is 11.3. The van der Waals surface area contributed by atoms with E-state index < -0.39 is 25.3 Å². The second-order valence-corrected chi connectivity index (χ2v) is 3.39. The SMILES string of the molecule is COc1cccc(NC(=O)COCC(F)(F)F)c1. The van der Waals surface area contributed by atoms with Crippen molar-refractivity contribution in [1.82, 2.24) is 0 Å². The Bertz CT molecular complexity index is 407. The van der Waals surface area contributed by atoms with Crippen LogP contribution in [0.25, 0.3) is 0 Å². The minimum Gasteiger partial charge on any atom is -0.497 e. The number of rotatable bonds is 5. The predicted octanol–water partition coefficient (Wildman–Crippen LogP) is 2.21. The van der Waals surface area contributed by atoms with Crippen LogP contribution in [0.5, 0.6) is 5.75 Å². The van der Waals surface area contributed by atoms with Gasteiger partial charge in [0.15, 0.2) is 0 Å². The van der Waals surface area contributed by atoms with Crippen LogP contribution in [0, 0.1) is 0 Å². The van der Waals surface area contributed by atoms with Gasteiger partial charge in [0.05, 0.1) is 7.11 Å². The van der Waals surface area contributed by atoms with Gasteiger partial charge in [-0.15, -0.1) is 0 Å². The number of halogens is 3. The van der Waals surface area contributed by atoms with Crippen LogP contribution < -0.4 is 10.1 Å². The molecule has 0 radical (unpaired) electrons. The van der Waals surface area contributed by atoms with Gasteiger partial charge in [-0.05, 0) is 12.1 Å². The molecule has 0 aromatic heterocycles. The molecule has 0 bridgehead atoms. The second kappa shape index (κ2) is 6.25. The van der Waals surface area contributed by atoms with Gasteiger partial charge in [0.2, 0.25) is 5.91 Å². The van der Waals surface area contributed by atoms with E-state index in [0.717, 1.165) is 0 Å². The van der Waals surface area contributed by atoms with Crippen LogP contribution in [0.2, 0.25) is 0 Å². The minimum atomic E-state index is -4.43. The molecule has 0 aliphatic carbocycles. The molecule has 0 saturated carbocycles. The van der Waals surface area contributed by atoms with Crippen LogP contribution in [0.4, 0.5) is 18.9 Å². The van der Waals surface area contributed by atoms with Crippen LogP contribution in [-0.2, 0) is 9.53 Å². The third-order valence-electron chi connectivity index (χ3n) is 1.85. The fraction of sp³-hybridized carbons (Fsp3) is 0.364. The Morgan fingerprint density at radius 1 is 1.39 bits per heavy atom. The first-order valence-corrected chi connectivity index (χ1v) is 4.99. The van der Waals surface area contributed by atoms with E-state index in [-0.39, 0.29) is 0 Å². The number of hydrogen-bond acceptors (Lipinski definition) is 3. The van der Waals surface area contributed by atoms with E-state index in [2.05, 4.69) is 10.1 Å². The Morgan fingerprint density at radius 3 is 2.72 bits per heavy atom. The monoisotopic (exact) mass is 263 g/mol. The van der Waals surface area contributed by atoms with Crippen molar-refractivity contribution in [3.63, 3.8) is 0 Å². The van der Waals surface area contributed by atoms with Gasteiger partial charge in [0.1, 0.15) is 19.0 Å². The van der Waals surface area contributed by atoms with Gasteiger partial charge >= 0.3 is 6.18 Å². The molecule has 0 saturated heterocycles. The Hall–Kier alpha value is -1.76. The van der Waals surface area contributed by atoms with E-state index >= 15 is 0 Å². The Morgan fingerprint density at radius 2 is 2.11 bits per heavy atom. The van der Waals surface area contributed by atoms with E-state index in [9.17, 15) is 18.0 Å². The van der Waals surface area contributed by atoms with Crippen molar-refractivity contribution in [2.24, 2.45) is 0 Å². The molecule has 0 fully saturated rings. The van der Waals surface area contributed by atoms with Crippen molar-refractivity contribution in [2.75, 3.05) is 25.6 Å². The summed E-state index contributed by atoms with van der Waals surface area (Å²) in [5.74, 6) is -0.128. The van der Waals surface area contributed by atoms with Gasteiger partial charge in [-0.1, -0.05) is 6.07 Å². The lowest BCUT2D eigenvalue weighted by molar-refractivity contribution is -0.174. The van der Waals surface area contributed by atoms with E-state index in [1.165, 1.54) is 7.11 Å². The van der Waals surface area contributed by atoms with Crippen molar-refractivity contribution in [3.8, 4) is 5.75 Å². The van der Waals surface area contributed by atoms with Crippen molar-refractivity contribution in [2.45, 2.75) is 6.18 Å². The van der Waals surface area contributed by atoms with Crippen molar-refractivity contribution in [1.29, 1.82) is 0 Å². The topological polar surface area (TPSA) is 47.6 Å². The van der Waals surface area contributed by atoms with Gasteiger partial charge in [0.25, 0.3) is 0 Å². The highest BCUT2D eigenvalue weighted by molar-refractivity contribution is 5.91. The Labute approximate surface area is 102 Å². The highest BCUT2D eigenvalue weighted by Gasteiger charge is 2.27. The highest BCUT2D eigenvalue weighted by Crippen LogP contribution is 2.17. The molecule has 0 atom stereocenters. The smallest absolute Gasteiger partial charge is 0.411 e. The molecule has 0 aliphatic heterocycles. The highest BCUT2D eigenvalue weighted by atomic mass is 19.4. The maximum Gasteiger partial charge on any atom is 0.411 e. The molecular weight excluding hydrogens is 251 g/mol. The summed E-state index contributed by atoms with van der Waals surface area (Å²) in [6.45, 7) is -2.10. The number of benzene rings is 1. The maximum atomic E-state index is 11.8. The standard InChI is InChI=1S/C11H12F3NO3/c1-17-9-4-2-3-8(5-9)15-10(16)6-18-7-11(12,13)14/h2-5H,6-7H2,1H3,(H,15,16). The minimum absolute atomic E-state index is 0.426. The zero-order valence-corrected chi connectivity index (χ0v) is 9.58. The fourth-order valence-electron chi connectivity index (χ4n) is 1.16. The van der Waals surface area contributed by atoms with Crippen LogP contribution in [0.1, 0.15) is 0 Å². The number of nitrogens with one attached hydrogen (secondary N) is 1. The third-order valence-corrected chi connectivity index (χ3v) is 1.85. The maximum absolute atomic E-state index is 11.8. The average Bonchev–Trinajstić information content (AvgIpc) is 2.27. The lowest BCUT2D eigenvalue weighted by Gasteiger charge is -2.09. The molecule has 1 rings (SSSR count). The quantitative estimate of drug-likeness (QED) is 0.886. The largest absolute Gasteiger partial charge is 0.497 e. The lowest BCUT2D eigenvalue weighted by atomic mass is 10.3. The molecule has 100 valence electrons. The molecule has 0 heterocycles. The first-order chi connectivity index (χ1) is 8.40. The second-order valence-electron chi connectivity index (χ2n) is 3.39. The number of ether oxygens (including phenoxy) is 2. The van der Waals surface area contributed by atoms with Crippen molar-refractivity contribution < 1.29 is 27.4 Å². The van der Waals surface area contributed by atoms with Gasteiger partial charge in [0, 0.05) is 11.8 Å². The van der Waals surface area contributed by atoms with E-state index in [4.69, 9.17) is 4.74 Å². The Balaban J connectivity index is 2.40. The number of amides is 1. The summed E-state index contributed by atoms with van der Waals surface area (Å²) < 4.78 is 44.4. The van der Waals surface area contributed by atoms with Crippen molar-refractivity contribution >= 4 is 11.6 Å². The van der Waals surface area contributed by atoms with Crippen LogP contribution in [-0.4, -0.2) is 32.4 Å². The van der Waals surface area contributed by atoms with Gasteiger partial charge in [-0.3, -0.25) is 4.79 Å². The third kappa shape index (κ3) is 5.53. The first kappa shape index (κ1) is 14.3.